The number of carbonyl (C=O) groups is 1. The van der Waals surface area contributed by atoms with Gasteiger partial charge in [0.05, 0.1) is 24.9 Å². The summed E-state index contributed by atoms with van der Waals surface area (Å²) in [7, 11) is 1.48. The summed E-state index contributed by atoms with van der Waals surface area (Å²) < 4.78 is 31.8. The number of para-hydroxylation sites is 1. The van der Waals surface area contributed by atoms with Gasteiger partial charge in [-0.05, 0) is 53.9 Å². The molecule has 0 bridgehead atoms. The number of carboxylic acid groups (broad SMARTS) is 1. The molecule has 0 saturated carbocycles. The number of rotatable bonds is 11. The molecule has 3 aromatic carbocycles. The third kappa shape index (κ3) is 6.43. The van der Waals surface area contributed by atoms with Crippen molar-refractivity contribution in [2.24, 2.45) is 0 Å². The first kappa shape index (κ1) is 25.9. The zero-order valence-corrected chi connectivity index (χ0v) is 20.3. The van der Waals surface area contributed by atoms with E-state index in [0.717, 1.165) is 16.8 Å². The normalized spacial score (nSPS) is 12.5. The van der Waals surface area contributed by atoms with Gasteiger partial charge in [0.25, 0.3) is 0 Å². The van der Waals surface area contributed by atoms with E-state index in [0.29, 0.717) is 35.0 Å². The second kappa shape index (κ2) is 11.6. The average Bonchev–Trinajstić information content (AvgIpc) is 2.83. The number of hydrogen-bond donors (Lipinski definition) is 5. The molecule has 0 spiro atoms. The molecule has 0 aromatic heterocycles. The number of carboxylic acids is 1. The molecule has 0 aliphatic carbocycles. The smallest absolute Gasteiger partial charge is 0.304 e. The monoisotopic (exact) mass is 499 g/mol. The number of nitrogen functional groups attached to an aromatic ring is 2. The van der Waals surface area contributed by atoms with Crippen LogP contribution in [0.1, 0.15) is 29.0 Å². The number of nitrogens with one attached hydrogen (secondary N) is 1. The molecule has 0 amide bonds. The molecule has 186 valence electrons. The van der Waals surface area contributed by atoms with E-state index in [1.807, 2.05) is 25.1 Å². The predicted octanol–water partition coefficient (Wildman–Crippen LogP) is 3.85. The Morgan fingerprint density at radius 3 is 2.51 bits per heavy atom. The maximum absolute atomic E-state index is 11.7. The van der Waals surface area contributed by atoms with Crippen molar-refractivity contribution in [1.29, 1.82) is 0 Å². The van der Waals surface area contributed by atoms with Crippen LogP contribution in [0.5, 0.6) is 11.5 Å². The quantitative estimate of drug-likeness (QED) is 0.150. The molecular formula is C25H29N3O6S. The van der Waals surface area contributed by atoms with Crippen LogP contribution in [0.25, 0.3) is 0 Å². The molecule has 2 unspecified atom stereocenters. The second-order valence-corrected chi connectivity index (χ2v) is 8.86. The highest BCUT2D eigenvalue weighted by Crippen LogP contribution is 2.37. The fraction of sp³-hybridized carbons (Fsp3) is 0.240. The number of anilines is 3. The molecule has 0 radical (unpaired) electrons. The van der Waals surface area contributed by atoms with Crippen LogP contribution in [0.2, 0.25) is 0 Å². The summed E-state index contributed by atoms with van der Waals surface area (Å²) in [6, 6.07) is 15.7. The van der Waals surface area contributed by atoms with Crippen molar-refractivity contribution >= 4 is 34.1 Å². The summed E-state index contributed by atoms with van der Waals surface area (Å²) in [6.07, 6.45) is -0.146. The van der Waals surface area contributed by atoms with Crippen molar-refractivity contribution in [1.82, 2.24) is 0 Å². The SMILES string of the molecule is COc1cc(C(CC(=O)O)c2ccc(C)c(NCCOc3ccccc3S(=O)O)c2)cc(N)c1N. The first-order valence-corrected chi connectivity index (χ1v) is 11.9. The average molecular weight is 500 g/mol. The van der Waals surface area contributed by atoms with Crippen LogP contribution >= 0.6 is 0 Å². The Kier molecular flexibility index (Phi) is 8.56. The Hall–Kier alpha value is -3.76. The topological polar surface area (TPSA) is 157 Å². The van der Waals surface area contributed by atoms with E-state index in [4.69, 9.17) is 20.9 Å². The Morgan fingerprint density at radius 2 is 1.83 bits per heavy atom. The van der Waals surface area contributed by atoms with Crippen LogP contribution in [0.4, 0.5) is 17.1 Å². The van der Waals surface area contributed by atoms with Gasteiger partial charge in [0.1, 0.15) is 23.0 Å². The van der Waals surface area contributed by atoms with E-state index < -0.39 is 23.0 Å². The van der Waals surface area contributed by atoms with E-state index in [2.05, 4.69) is 5.32 Å². The van der Waals surface area contributed by atoms with Crippen LogP contribution in [0, 0.1) is 6.92 Å². The van der Waals surface area contributed by atoms with Crippen LogP contribution in [0.15, 0.2) is 59.5 Å². The Bertz CT molecular complexity index is 1230. The Labute approximate surface area is 206 Å². The van der Waals surface area contributed by atoms with Gasteiger partial charge in [-0.15, -0.1) is 0 Å². The number of aliphatic carboxylic acids is 1. The Balaban J connectivity index is 1.80. The van der Waals surface area contributed by atoms with E-state index in [-0.39, 0.29) is 17.9 Å². The lowest BCUT2D eigenvalue weighted by atomic mass is 9.87. The molecule has 0 saturated heterocycles. The van der Waals surface area contributed by atoms with Gasteiger partial charge < -0.3 is 35.9 Å². The molecule has 7 N–H and O–H groups in total. The molecule has 9 nitrogen and oxygen atoms in total. The molecule has 3 rings (SSSR count). The molecule has 2 atom stereocenters. The lowest BCUT2D eigenvalue weighted by molar-refractivity contribution is -0.137. The van der Waals surface area contributed by atoms with Crippen molar-refractivity contribution in [3.05, 3.63) is 71.3 Å². The van der Waals surface area contributed by atoms with E-state index in [1.54, 1.807) is 30.3 Å². The summed E-state index contributed by atoms with van der Waals surface area (Å²) in [5, 5.41) is 12.9. The van der Waals surface area contributed by atoms with Crippen LogP contribution in [-0.4, -0.2) is 40.1 Å². The van der Waals surface area contributed by atoms with Crippen LogP contribution < -0.4 is 26.3 Å². The molecule has 0 heterocycles. The summed E-state index contributed by atoms with van der Waals surface area (Å²) in [6.45, 7) is 2.61. The summed E-state index contributed by atoms with van der Waals surface area (Å²) >= 11 is -2.14. The summed E-state index contributed by atoms with van der Waals surface area (Å²) in [5.74, 6) is -0.694. The van der Waals surface area contributed by atoms with Crippen molar-refractivity contribution < 1.29 is 28.1 Å². The molecule has 0 aliphatic rings. The first-order chi connectivity index (χ1) is 16.7. The highest BCUT2D eigenvalue weighted by atomic mass is 32.2. The lowest BCUT2D eigenvalue weighted by Crippen LogP contribution is -2.14. The molecule has 3 aromatic rings. The summed E-state index contributed by atoms with van der Waals surface area (Å²) in [4.78, 5) is 11.9. The standard InChI is InChI=1S/C25H29N3O6S/c1-15-7-8-16(18(14-24(29)30)17-11-19(26)25(27)22(13-17)33-2)12-20(15)28-9-10-34-21-5-3-4-6-23(21)35(31)32/h3-8,11-13,18,28H,9-10,14,26-27H2,1-2H3,(H,29,30)(H,31,32). The minimum absolute atomic E-state index is 0.146. The fourth-order valence-corrected chi connectivity index (χ4v) is 4.24. The third-order valence-electron chi connectivity index (χ3n) is 5.57. The van der Waals surface area contributed by atoms with Gasteiger partial charge in [0.15, 0.2) is 11.1 Å². The largest absolute Gasteiger partial charge is 0.495 e. The van der Waals surface area contributed by atoms with E-state index in [9.17, 15) is 18.7 Å². The molecular weight excluding hydrogens is 470 g/mol. The highest BCUT2D eigenvalue weighted by Gasteiger charge is 2.21. The van der Waals surface area contributed by atoms with Gasteiger partial charge in [-0.25, -0.2) is 4.21 Å². The van der Waals surface area contributed by atoms with Crippen molar-refractivity contribution in [3.8, 4) is 11.5 Å². The minimum atomic E-state index is -2.14. The number of ether oxygens (including phenoxy) is 2. The third-order valence-corrected chi connectivity index (χ3v) is 6.29. The predicted molar refractivity (Wildman–Crippen MR) is 137 cm³/mol. The zero-order chi connectivity index (χ0) is 25.5. The second-order valence-electron chi connectivity index (χ2n) is 7.92. The van der Waals surface area contributed by atoms with Gasteiger partial charge >= 0.3 is 5.97 Å². The van der Waals surface area contributed by atoms with Gasteiger partial charge in [-0.2, -0.15) is 0 Å². The number of nitrogens with two attached hydrogens (primary N) is 2. The molecule has 10 heteroatoms. The van der Waals surface area contributed by atoms with Crippen LogP contribution in [-0.2, 0) is 15.9 Å². The molecule has 0 fully saturated rings. The number of hydrogen-bond acceptors (Lipinski definition) is 7. The Morgan fingerprint density at radius 1 is 1.09 bits per heavy atom. The highest BCUT2D eigenvalue weighted by molar-refractivity contribution is 7.79. The number of benzene rings is 3. The molecule has 0 aliphatic heterocycles. The van der Waals surface area contributed by atoms with Gasteiger partial charge in [-0.1, -0.05) is 24.3 Å². The first-order valence-electron chi connectivity index (χ1n) is 10.8. The van der Waals surface area contributed by atoms with Crippen LogP contribution in [0.3, 0.4) is 0 Å². The lowest BCUT2D eigenvalue weighted by Gasteiger charge is -2.21. The van der Waals surface area contributed by atoms with Crippen molar-refractivity contribution in [2.75, 3.05) is 37.0 Å². The van der Waals surface area contributed by atoms with Gasteiger partial charge in [0, 0.05) is 18.2 Å². The van der Waals surface area contributed by atoms with E-state index in [1.165, 1.54) is 13.2 Å². The zero-order valence-electron chi connectivity index (χ0n) is 19.5. The van der Waals surface area contributed by atoms with Crippen molar-refractivity contribution in [2.45, 2.75) is 24.2 Å². The maximum Gasteiger partial charge on any atom is 0.304 e. The number of aryl methyl sites for hydroxylation is 1. The fourth-order valence-electron chi connectivity index (χ4n) is 3.75. The molecule has 35 heavy (non-hydrogen) atoms. The van der Waals surface area contributed by atoms with Gasteiger partial charge in [0.2, 0.25) is 0 Å². The van der Waals surface area contributed by atoms with Crippen molar-refractivity contribution in [3.63, 3.8) is 0 Å². The maximum atomic E-state index is 11.7. The number of methoxy groups -OCH3 is 1. The summed E-state index contributed by atoms with van der Waals surface area (Å²) in [5.41, 5.74) is 15.9. The van der Waals surface area contributed by atoms with E-state index >= 15 is 0 Å². The minimum Gasteiger partial charge on any atom is -0.495 e. The van der Waals surface area contributed by atoms with Gasteiger partial charge in [-0.3, -0.25) is 4.79 Å².